The lowest BCUT2D eigenvalue weighted by Crippen LogP contribution is -2.14. The highest BCUT2D eigenvalue weighted by Crippen LogP contribution is 2.43. The van der Waals surface area contributed by atoms with Gasteiger partial charge in [0.1, 0.15) is 17.1 Å². The van der Waals surface area contributed by atoms with E-state index < -0.39 is 16.0 Å². The van der Waals surface area contributed by atoms with Gasteiger partial charge in [0.2, 0.25) is 5.88 Å². The van der Waals surface area contributed by atoms with Gasteiger partial charge >= 0.3 is 12.0 Å². The number of aromatic hydroxyl groups is 1. The van der Waals surface area contributed by atoms with E-state index in [4.69, 9.17) is 13.9 Å². The second-order valence-electron chi connectivity index (χ2n) is 10.2. The number of aromatic carboxylic acids is 1. The molecule has 6 rings (SSSR count). The van der Waals surface area contributed by atoms with E-state index in [0.717, 1.165) is 0 Å². The van der Waals surface area contributed by atoms with Crippen molar-refractivity contribution in [1.82, 2.24) is 9.97 Å². The summed E-state index contributed by atoms with van der Waals surface area (Å²) in [7, 11) is -1.33. The third-order valence-electron chi connectivity index (χ3n) is 7.31. The number of nitrogens with zero attached hydrogens (tertiary/aromatic N) is 2. The first-order valence-electron chi connectivity index (χ1n) is 14.0. The number of anilines is 2. The Morgan fingerprint density at radius 2 is 1.68 bits per heavy atom. The SMILES string of the molecule is COc1cc(NS(=O)(=O)c2ccc(NCc3c(O)ccc4c(-c5ccccc5C(=O)O)c5ccc(=O)cc-5oc34)cc2)nc(OC)n1. The lowest BCUT2D eigenvalue weighted by atomic mass is 9.90. The first-order valence-corrected chi connectivity index (χ1v) is 15.4. The van der Waals surface area contributed by atoms with Gasteiger partial charge in [-0.2, -0.15) is 9.97 Å². The molecule has 0 radical (unpaired) electrons. The zero-order valence-electron chi connectivity index (χ0n) is 24.8. The number of carboxylic acids is 1. The minimum absolute atomic E-state index is 0.0279. The zero-order chi connectivity index (χ0) is 33.3. The van der Waals surface area contributed by atoms with Gasteiger partial charge < -0.3 is 29.4 Å². The number of rotatable bonds is 10. The molecule has 0 spiro atoms. The summed E-state index contributed by atoms with van der Waals surface area (Å²) in [6.45, 7) is 0.0279. The summed E-state index contributed by atoms with van der Waals surface area (Å²) in [4.78, 5) is 32.3. The van der Waals surface area contributed by atoms with E-state index in [0.29, 0.717) is 33.3 Å². The minimum Gasteiger partial charge on any atom is -0.507 e. The predicted octanol–water partition coefficient (Wildman–Crippen LogP) is 5.19. The van der Waals surface area contributed by atoms with Gasteiger partial charge in [-0.15, -0.1) is 0 Å². The summed E-state index contributed by atoms with van der Waals surface area (Å²) in [6.07, 6.45) is 0. The Kier molecular flexibility index (Phi) is 8.09. The Labute approximate surface area is 267 Å². The largest absolute Gasteiger partial charge is 0.507 e. The van der Waals surface area contributed by atoms with Crippen molar-refractivity contribution < 1.29 is 37.3 Å². The highest BCUT2D eigenvalue weighted by molar-refractivity contribution is 7.92. The molecule has 0 fully saturated rings. The first-order chi connectivity index (χ1) is 22.6. The molecule has 13 nitrogen and oxygen atoms in total. The molecule has 2 aliphatic rings. The highest BCUT2D eigenvalue weighted by Gasteiger charge is 2.24. The van der Waals surface area contributed by atoms with E-state index in [2.05, 4.69) is 20.0 Å². The number of sulfonamides is 1. The van der Waals surface area contributed by atoms with E-state index >= 15 is 0 Å². The fraction of sp³-hybridized carbons (Fsp3) is 0.0909. The average Bonchev–Trinajstić information content (AvgIpc) is 3.06. The van der Waals surface area contributed by atoms with E-state index in [1.54, 1.807) is 42.5 Å². The number of methoxy groups -OCH3 is 2. The van der Waals surface area contributed by atoms with Crippen molar-refractivity contribution in [2.45, 2.75) is 11.4 Å². The van der Waals surface area contributed by atoms with Gasteiger partial charge in [-0.3, -0.25) is 9.52 Å². The minimum atomic E-state index is -4.05. The van der Waals surface area contributed by atoms with Gasteiger partial charge in [0.15, 0.2) is 11.2 Å². The lowest BCUT2D eigenvalue weighted by molar-refractivity contribution is 0.0697. The van der Waals surface area contributed by atoms with Crippen LogP contribution in [0.15, 0.2) is 99.0 Å². The summed E-state index contributed by atoms with van der Waals surface area (Å²) in [5.41, 5.74) is 2.32. The van der Waals surface area contributed by atoms with Crippen LogP contribution in [0.5, 0.6) is 17.6 Å². The maximum Gasteiger partial charge on any atom is 0.336 e. The number of benzene rings is 4. The van der Waals surface area contributed by atoms with Crippen LogP contribution in [0.3, 0.4) is 0 Å². The molecular formula is C33H26N4O9S. The number of carbonyl (C=O) groups is 1. The Balaban J connectivity index is 1.34. The molecule has 238 valence electrons. The van der Waals surface area contributed by atoms with Crippen LogP contribution in [-0.4, -0.2) is 48.8 Å². The van der Waals surface area contributed by atoms with Crippen LogP contribution >= 0.6 is 0 Å². The zero-order valence-corrected chi connectivity index (χ0v) is 25.7. The Bertz CT molecular complexity index is 2270. The fourth-order valence-electron chi connectivity index (χ4n) is 5.12. The summed E-state index contributed by atoms with van der Waals surface area (Å²) < 4.78 is 44.7. The third kappa shape index (κ3) is 6.09. The van der Waals surface area contributed by atoms with Crippen molar-refractivity contribution in [3.63, 3.8) is 0 Å². The number of fused-ring (bicyclic) bond motifs is 2. The van der Waals surface area contributed by atoms with E-state index in [9.17, 15) is 28.2 Å². The number of nitrogens with one attached hydrogen (secondary N) is 2. The standard InChI is InChI=1S/C33H26N4O9S/c1-44-29-16-28(35-33(36-29)45-2)37-47(42,43)20-10-7-18(8-11-20)34-17-25-26(39)14-13-24-30(21-5-3-4-6-22(21)32(40)41)23-12-9-19(38)15-27(23)46-31(24)25/h3-16,34,39H,17H2,1-2H3,(H,40,41)(H,35,36,37). The molecule has 47 heavy (non-hydrogen) atoms. The maximum absolute atomic E-state index is 13.1. The second kappa shape index (κ2) is 12.3. The molecule has 4 N–H and O–H groups in total. The van der Waals surface area contributed by atoms with Gasteiger partial charge in [0.25, 0.3) is 10.0 Å². The normalized spacial score (nSPS) is 11.4. The van der Waals surface area contributed by atoms with Gasteiger partial charge in [0, 0.05) is 40.9 Å². The number of hydrogen-bond acceptors (Lipinski definition) is 11. The van der Waals surface area contributed by atoms with Crippen LogP contribution in [-0.2, 0) is 16.6 Å². The molecule has 0 saturated carbocycles. The van der Waals surface area contributed by atoms with Gasteiger partial charge in [0.05, 0.1) is 30.2 Å². The van der Waals surface area contributed by atoms with E-state index in [1.165, 1.54) is 56.7 Å². The number of carboxylic acid groups (broad SMARTS) is 1. The topological polar surface area (TPSA) is 190 Å². The molecule has 0 atom stereocenters. The molecule has 0 unspecified atom stereocenters. The molecule has 1 aliphatic carbocycles. The summed E-state index contributed by atoms with van der Waals surface area (Å²) in [5, 5.41) is 24.5. The van der Waals surface area contributed by atoms with Crippen molar-refractivity contribution in [1.29, 1.82) is 0 Å². The van der Waals surface area contributed by atoms with Crippen LogP contribution in [0.1, 0.15) is 15.9 Å². The third-order valence-corrected chi connectivity index (χ3v) is 8.68. The molecule has 0 saturated heterocycles. The monoisotopic (exact) mass is 654 g/mol. The fourth-order valence-corrected chi connectivity index (χ4v) is 6.11. The van der Waals surface area contributed by atoms with Crippen molar-refractivity contribution in [2.24, 2.45) is 0 Å². The second-order valence-corrected chi connectivity index (χ2v) is 11.9. The van der Waals surface area contributed by atoms with Crippen molar-refractivity contribution >= 4 is 38.5 Å². The van der Waals surface area contributed by atoms with Gasteiger partial charge in [-0.25, -0.2) is 13.2 Å². The predicted molar refractivity (Wildman–Crippen MR) is 173 cm³/mol. The van der Waals surface area contributed by atoms with Crippen LogP contribution in [0.25, 0.3) is 33.4 Å². The smallest absolute Gasteiger partial charge is 0.336 e. The van der Waals surface area contributed by atoms with Crippen LogP contribution < -0.4 is 24.9 Å². The first kappa shape index (κ1) is 30.9. The maximum atomic E-state index is 13.1. The average molecular weight is 655 g/mol. The number of hydrogen-bond donors (Lipinski definition) is 4. The van der Waals surface area contributed by atoms with Crippen LogP contribution in [0, 0.1) is 0 Å². The highest BCUT2D eigenvalue weighted by atomic mass is 32.2. The van der Waals surface area contributed by atoms with E-state index in [1.807, 2.05) is 0 Å². The summed E-state index contributed by atoms with van der Waals surface area (Å²) >= 11 is 0. The Morgan fingerprint density at radius 3 is 2.40 bits per heavy atom. The molecule has 4 aromatic rings. The number of aromatic nitrogens is 2. The van der Waals surface area contributed by atoms with Crippen molar-refractivity contribution in [3.8, 4) is 40.1 Å². The molecule has 2 heterocycles. The number of phenols is 1. The number of phenolic OH excluding ortho intramolecular Hbond substituents is 1. The van der Waals surface area contributed by atoms with Gasteiger partial charge in [-0.05, 0) is 60.2 Å². The van der Waals surface area contributed by atoms with E-state index in [-0.39, 0.29) is 57.2 Å². The Hall–Kier alpha value is -6.15. The molecular weight excluding hydrogens is 628 g/mol. The number of ether oxygens (including phenoxy) is 2. The van der Waals surface area contributed by atoms with Crippen molar-refractivity contribution in [3.05, 3.63) is 106 Å². The molecule has 0 amide bonds. The van der Waals surface area contributed by atoms with Crippen molar-refractivity contribution in [2.75, 3.05) is 24.3 Å². The summed E-state index contributed by atoms with van der Waals surface area (Å²) in [5.74, 6) is -0.956. The van der Waals surface area contributed by atoms with Crippen LogP contribution in [0.4, 0.5) is 11.5 Å². The Morgan fingerprint density at radius 1 is 0.915 bits per heavy atom. The molecule has 3 aromatic carbocycles. The molecule has 0 bridgehead atoms. The quantitative estimate of drug-likeness (QED) is 0.142. The van der Waals surface area contributed by atoms with Crippen LogP contribution in [0.2, 0.25) is 0 Å². The molecule has 1 aliphatic heterocycles. The summed E-state index contributed by atoms with van der Waals surface area (Å²) in [6, 6.07) is 21.0. The molecule has 14 heteroatoms. The van der Waals surface area contributed by atoms with Gasteiger partial charge in [-0.1, -0.05) is 18.2 Å². The molecule has 1 aromatic heterocycles. The lowest BCUT2D eigenvalue weighted by Gasteiger charge is -2.19.